The van der Waals surface area contributed by atoms with Gasteiger partial charge in [-0.15, -0.1) is 0 Å². The molecule has 0 saturated heterocycles. The third kappa shape index (κ3) is 3.22. The summed E-state index contributed by atoms with van der Waals surface area (Å²) in [5.74, 6) is 0.0935. The van der Waals surface area contributed by atoms with Gasteiger partial charge in [-0.3, -0.25) is 4.68 Å². The van der Waals surface area contributed by atoms with Gasteiger partial charge in [0.05, 0.1) is 16.9 Å². The summed E-state index contributed by atoms with van der Waals surface area (Å²) in [4.78, 5) is 7.49. The Bertz CT molecular complexity index is 1210. The molecule has 0 radical (unpaired) electrons. The molecule has 27 heavy (non-hydrogen) atoms. The molecule has 0 atom stereocenters. The lowest BCUT2D eigenvalue weighted by Crippen LogP contribution is -2.02. The topological polar surface area (TPSA) is 66.7 Å². The summed E-state index contributed by atoms with van der Waals surface area (Å²) in [7, 11) is 0. The highest BCUT2D eigenvalue weighted by Crippen LogP contribution is 2.34. The van der Waals surface area contributed by atoms with Crippen molar-refractivity contribution < 1.29 is 5.11 Å². The minimum atomic E-state index is 0.0935. The van der Waals surface area contributed by atoms with Gasteiger partial charge in [-0.1, -0.05) is 29.8 Å². The number of benzene rings is 2. The van der Waals surface area contributed by atoms with Gasteiger partial charge in [0.25, 0.3) is 0 Å². The molecule has 0 fully saturated rings. The fourth-order valence-corrected chi connectivity index (χ4v) is 3.50. The maximum atomic E-state index is 10.2. The molecule has 0 amide bonds. The van der Waals surface area contributed by atoms with Crippen molar-refractivity contribution in [2.24, 2.45) is 0 Å². The van der Waals surface area contributed by atoms with Gasteiger partial charge in [0, 0.05) is 22.0 Å². The van der Waals surface area contributed by atoms with E-state index in [1.165, 1.54) is 0 Å². The van der Waals surface area contributed by atoms with E-state index in [0.29, 0.717) is 21.1 Å². The number of phenols is 1. The van der Waals surface area contributed by atoms with Crippen molar-refractivity contribution in [3.63, 3.8) is 0 Å². The fraction of sp³-hybridized carbons (Fsp3) is 0.150. The van der Waals surface area contributed by atoms with Crippen LogP contribution in [0.25, 0.3) is 33.5 Å². The van der Waals surface area contributed by atoms with E-state index in [0.717, 1.165) is 22.3 Å². The molecule has 2 aromatic heterocycles. The van der Waals surface area contributed by atoms with Gasteiger partial charge < -0.3 is 10.1 Å². The Hall–Kier alpha value is -2.70. The van der Waals surface area contributed by atoms with Crippen LogP contribution in [-0.4, -0.2) is 24.9 Å². The first-order valence-electron chi connectivity index (χ1n) is 8.52. The van der Waals surface area contributed by atoms with E-state index in [1.807, 2.05) is 35.0 Å². The number of aromatic hydroxyl groups is 1. The lowest BCUT2D eigenvalue weighted by molar-refractivity contribution is 0.477. The average Bonchev–Trinajstić information content (AvgIpc) is 3.03. The number of hydrogen-bond acceptors (Lipinski definition) is 4. The van der Waals surface area contributed by atoms with Gasteiger partial charge in [-0.2, -0.15) is 5.10 Å². The second kappa shape index (κ2) is 6.79. The van der Waals surface area contributed by atoms with E-state index < -0.39 is 0 Å². The summed E-state index contributed by atoms with van der Waals surface area (Å²) >= 11 is 11.4. The first kappa shape index (κ1) is 17.7. The van der Waals surface area contributed by atoms with Crippen molar-refractivity contribution in [3.8, 4) is 28.4 Å². The fourth-order valence-electron chi connectivity index (χ4n) is 3.12. The number of nitrogens with zero attached hydrogens (tertiary/aromatic N) is 3. The van der Waals surface area contributed by atoms with Crippen LogP contribution in [0.3, 0.4) is 0 Å². The molecule has 2 N–H and O–H groups in total. The summed E-state index contributed by atoms with van der Waals surface area (Å²) in [5, 5.41) is 16.6. The summed E-state index contributed by atoms with van der Waals surface area (Å²) in [5.41, 5.74) is 3.63. The largest absolute Gasteiger partial charge is 0.507 e. The van der Waals surface area contributed by atoms with E-state index >= 15 is 0 Å². The van der Waals surface area contributed by atoms with Crippen LogP contribution >= 0.6 is 23.8 Å². The predicted molar refractivity (Wildman–Crippen MR) is 111 cm³/mol. The van der Waals surface area contributed by atoms with Crippen LogP contribution in [0.1, 0.15) is 19.9 Å². The number of halogens is 1. The molecule has 0 saturated carbocycles. The summed E-state index contributed by atoms with van der Waals surface area (Å²) in [6, 6.07) is 14.9. The zero-order valence-electron chi connectivity index (χ0n) is 14.8. The molecule has 7 heteroatoms. The van der Waals surface area contributed by atoms with Crippen molar-refractivity contribution in [1.82, 2.24) is 19.7 Å². The van der Waals surface area contributed by atoms with Crippen LogP contribution in [0.15, 0.2) is 48.5 Å². The van der Waals surface area contributed by atoms with Crippen LogP contribution in [0.5, 0.6) is 5.75 Å². The smallest absolute Gasteiger partial charge is 0.197 e. The summed E-state index contributed by atoms with van der Waals surface area (Å²) in [6.45, 7) is 4.18. The van der Waals surface area contributed by atoms with Gasteiger partial charge in [0.1, 0.15) is 11.4 Å². The number of rotatable bonds is 3. The Balaban J connectivity index is 1.97. The standard InChI is InChI=1S/C20H17ClN4OS/c1-11(2)25-17-6-4-3-5-13(17)19(24-25)16-10-15(22-20(27)23-16)14-9-12(21)7-8-18(14)26/h3-11,26H,1-2H3,(H,22,23,27). The van der Waals surface area contributed by atoms with Crippen molar-refractivity contribution in [3.05, 3.63) is 58.3 Å². The zero-order chi connectivity index (χ0) is 19.1. The SMILES string of the molecule is CC(C)n1nc(-c2cc(-c3cc(Cl)ccc3O)nc(=S)[nH]2)c2ccccc21. The molecule has 0 bridgehead atoms. The molecular formula is C20H17ClN4OS. The molecule has 2 heterocycles. The van der Waals surface area contributed by atoms with E-state index in [2.05, 4.69) is 23.8 Å². The third-order valence-electron chi connectivity index (χ3n) is 4.34. The number of nitrogens with one attached hydrogen (secondary N) is 1. The monoisotopic (exact) mass is 396 g/mol. The number of aromatic amines is 1. The van der Waals surface area contributed by atoms with Crippen molar-refractivity contribution in [1.29, 1.82) is 0 Å². The molecule has 4 rings (SSSR count). The Morgan fingerprint density at radius 2 is 1.93 bits per heavy atom. The lowest BCUT2D eigenvalue weighted by atomic mass is 10.1. The zero-order valence-corrected chi connectivity index (χ0v) is 16.3. The Kier molecular flexibility index (Phi) is 4.45. The molecule has 5 nitrogen and oxygen atoms in total. The van der Waals surface area contributed by atoms with Gasteiger partial charge in [-0.25, -0.2) is 4.98 Å². The quantitative estimate of drug-likeness (QED) is 0.432. The Morgan fingerprint density at radius 1 is 1.15 bits per heavy atom. The number of phenolic OH excluding ortho intramolecular Hbond substituents is 1. The number of hydrogen-bond donors (Lipinski definition) is 2. The van der Waals surface area contributed by atoms with Crippen molar-refractivity contribution in [2.75, 3.05) is 0 Å². The van der Waals surface area contributed by atoms with Gasteiger partial charge in [0.2, 0.25) is 0 Å². The van der Waals surface area contributed by atoms with Crippen LogP contribution < -0.4 is 0 Å². The molecule has 0 aliphatic rings. The van der Waals surface area contributed by atoms with Gasteiger partial charge >= 0.3 is 0 Å². The van der Waals surface area contributed by atoms with Crippen LogP contribution in [0.2, 0.25) is 5.02 Å². The highest BCUT2D eigenvalue weighted by molar-refractivity contribution is 7.71. The highest BCUT2D eigenvalue weighted by atomic mass is 35.5. The second-order valence-electron chi connectivity index (χ2n) is 6.55. The average molecular weight is 397 g/mol. The van der Waals surface area contributed by atoms with Crippen molar-refractivity contribution >= 4 is 34.7 Å². The summed E-state index contributed by atoms with van der Waals surface area (Å²) in [6.07, 6.45) is 0. The van der Waals surface area contributed by atoms with E-state index in [4.69, 9.17) is 28.9 Å². The number of para-hydroxylation sites is 1. The van der Waals surface area contributed by atoms with Gasteiger partial charge in [0.15, 0.2) is 4.77 Å². The first-order chi connectivity index (χ1) is 12.9. The molecule has 0 aliphatic carbocycles. The highest BCUT2D eigenvalue weighted by Gasteiger charge is 2.16. The van der Waals surface area contributed by atoms with Crippen molar-refractivity contribution in [2.45, 2.75) is 19.9 Å². The number of fused-ring (bicyclic) bond motifs is 1. The van der Waals surface area contributed by atoms with Crippen LogP contribution in [0.4, 0.5) is 0 Å². The molecule has 0 unspecified atom stereocenters. The number of H-pyrrole nitrogens is 1. The molecule has 0 spiro atoms. The molecule has 2 aromatic carbocycles. The normalized spacial score (nSPS) is 11.4. The predicted octanol–water partition coefficient (Wildman–Crippen LogP) is 5.76. The molecular weight excluding hydrogens is 380 g/mol. The minimum absolute atomic E-state index is 0.0935. The van der Waals surface area contributed by atoms with Crippen LogP contribution in [0, 0.1) is 4.77 Å². The maximum absolute atomic E-state index is 10.2. The second-order valence-corrected chi connectivity index (χ2v) is 7.37. The maximum Gasteiger partial charge on any atom is 0.197 e. The Morgan fingerprint density at radius 3 is 2.70 bits per heavy atom. The van der Waals surface area contributed by atoms with E-state index in [9.17, 15) is 5.11 Å². The number of aromatic nitrogens is 4. The minimum Gasteiger partial charge on any atom is -0.507 e. The molecule has 0 aliphatic heterocycles. The lowest BCUT2D eigenvalue weighted by Gasteiger charge is -2.07. The molecule has 4 aromatic rings. The molecule has 136 valence electrons. The first-order valence-corrected chi connectivity index (χ1v) is 9.30. The van der Waals surface area contributed by atoms with E-state index in [1.54, 1.807) is 18.2 Å². The Labute approximate surface area is 166 Å². The third-order valence-corrected chi connectivity index (χ3v) is 4.77. The van der Waals surface area contributed by atoms with Gasteiger partial charge in [-0.05, 0) is 56.4 Å². The van der Waals surface area contributed by atoms with Crippen LogP contribution in [-0.2, 0) is 0 Å². The van der Waals surface area contributed by atoms with E-state index in [-0.39, 0.29) is 11.8 Å². The summed E-state index contributed by atoms with van der Waals surface area (Å²) < 4.78 is 2.29.